The first-order valence-electron chi connectivity index (χ1n) is 7.43. The van der Waals surface area contributed by atoms with Crippen molar-refractivity contribution in [3.8, 4) is 0 Å². The lowest BCUT2D eigenvalue weighted by Gasteiger charge is -2.32. The largest absolute Gasteiger partial charge is 0.307 e. The van der Waals surface area contributed by atoms with Gasteiger partial charge in [-0.1, -0.05) is 51.1 Å². The van der Waals surface area contributed by atoms with Crippen LogP contribution in [0.25, 0.3) is 0 Å². The maximum atomic E-state index is 3.92. The van der Waals surface area contributed by atoms with Crippen LogP contribution < -0.4 is 5.32 Å². The Labute approximate surface area is 122 Å². The Bertz CT molecular complexity index is 363. The van der Waals surface area contributed by atoms with E-state index in [1.54, 1.807) is 0 Å². The van der Waals surface area contributed by atoms with Gasteiger partial charge in [0.05, 0.1) is 0 Å². The fourth-order valence-electron chi connectivity index (χ4n) is 2.72. The van der Waals surface area contributed by atoms with Crippen LogP contribution in [0.2, 0.25) is 0 Å². The fourth-order valence-corrected chi connectivity index (χ4v) is 3.83. The van der Waals surface area contributed by atoms with Crippen LogP contribution in [-0.2, 0) is 0 Å². The van der Waals surface area contributed by atoms with E-state index in [1.165, 1.54) is 36.3 Å². The molecular weight excluding hydrogens is 250 g/mol. The van der Waals surface area contributed by atoms with Crippen molar-refractivity contribution in [3.63, 3.8) is 0 Å². The van der Waals surface area contributed by atoms with Crippen LogP contribution in [0.5, 0.6) is 0 Å². The summed E-state index contributed by atoms with van der Waals surface area (Å²) in [6.45, 7) is 7.00. The smallest absolute Gasteiger partial charge is 0.0327 e. The van der Waals surface area contributed by atoms with E-state index in [1.807, 2.05) is 0 Å². The van der Waals surface area contributed by atoms with Gasteiger partial charge in [-0.25, -0.2) is 0 Å². The first kappa shape index (κ1) is 14.9. The highest BCUT2D eigenvalue weighted by molar-refractivity contribution is 7.99. The SMILES string of the molecule is CC(C)(C)CC(NC1CCSCC1)c1ccccc1. The fraction of sp³-hybridized carbons (Fsp3) is 0.647. The monoisotopic (exact) mass is 277 g/mol. The third-order valence-electron chi connectivity index (χ3n) is 3.68. The van der Waals surface area contributed by atoms with E-state index in [0.717, 1.165) is 0 Å². The second-order valence-corrected chi connectivity index (χ2v) is 8.01. The topological polar surface area (TPSA) is 12.0 Å². The summed E-state index contributed by atoms with van der Waals surface area (Å²) in [7, 11) is 0. The Balaban J connectivity index is 2.05. The summed E-state index contributed by atoms with van der Waals surface area (Å²) in [5.74, 6) is 2.63. The lowest BCUT2D eigenvalue weighted by atomic mass is 9.85. The van der Waals surface area contributed by atoms with Crippen molar-refractivity contribution in [1.82, 2.24) is 5.32 Å². The van der Waals surface area contributed by atoms with Gasteiger partial charge in [-0.15, -0.1) is 0 Å². The van der Waals surface area contributed by atoms with E-state index < -0.39 is 0 Å². The minimum Gasteiger partial charge on any atom is -0.307 e. The molecule has 1 N–H and O–H groups in total. The van der Waals surface area contributed by atoms with Gasteiger partial charge < -0.3 is 5.32 Å². The molecule has 1 unspecified atom stereocenters. The molecule has 1 nitrogen and oxygen atoms in total. The minimum absolute atomic E-state index is 0.358. The summed E-state index contributed by atoms with van der Waals surface area (Å²) in [4.78, 5) is 0. The average Bonchev–Trinajstić information content (AvgIpc) is 2.39. The predicted octanol–water partition coefficient (Wildman–Crippen LogP) is 4.65. The van der Waals surface area contributed by atoms with Crippen LogP contribution in [-0.4, -0.2) is 17.5 Å². The third-order valence-corrected chi connectivity index (χ3v) is 4.73. The molecular formula is C17H27NS. The van der Waals surface area contributed by atoms with Gasteiger partial charge >= 0.3 is 0 Å². The lowest BCUT2D eigenvalue weighted by Crippen LogP contribution is -2.37. The standard InChI is InChI=1S/C17H27NS/c1-17(2,3)13-16(14-7-5-4-6-8-14)18-15-9-11-19-12-10-15/h4-8,15-16,18H,9-13H2,1-3H3. The highest BCUT2D eigenvalue weighted by atomic mass is 32.2. The average molecular weight is 277 g/mol. The minimum atomic E-state index is 0.358. The Kier molecular flexibility index (Phi) is 5.35. The predicted molar refractivity (Wildman–Crippen MR) is 86.7 cm³/mol. The lowest BCUT2D eigenvalue weighted by molar-refractivity contribution is 0.287. The molecule has 0 radical (unpaired) electrons. The molecule has 0 amide bonds. The van der Waals surface area contributed by atoms with Crippen LogP contribution in [0.4, 0.5) is 0 Å². The van der Waals surface area contributed by atoms with Gasteiger partial charge in [0.15, 0.2) is 0 Å². The van der Waals surface area contributed by atoms with Crippen molar-refractivity contribution in [2.24, 2.45) is 5.41 Å². The van der Waals surface area contributed by atoms with Gasteiger partial charge in [0.1, 0.15) is 0 Å². The van der Waals surface area contributed by atoms with Gasteiger partial charge in [-0.2, -0.15) is 11.8 Å². The molecule has 1 aromatic rings. The summed E-state index contributed by atoms with van der Waals surface area (Å²) in [5.41, 5.74) is 1.80. The molecule has 1 heterocycles. The molecule has 0 spiro atoms. The van der Waals surface area contributed by atoms with Gasteiger partial charge in [0.25, 0.3) is 0 Å². The summed E-state index contributed by atoms with van der Waals surface area (Å²) in [6, 6.07) is 12.1. The Morgan fingerprint density at radius 2 is 1.79 bits per heavy atom. The number of hydrogen-bond donors (Lipinski definition) is 1. The number of rotatable bonds is 4. The van der Waals surface area contributed by atoms with Crippen molar-refractivity contribution in [1.29, 1.82) is 0 Å². The highest BCUT2D eigenvalue weighted by Crippen LogP contribution is 2.31. The molecule has 0 saturated carbocycles. The van der Waals surface area contributed by atoms with Crippen LogP contribution in [0.3, 0.4) is 0 Å². The van der Waals surface area contributed by atoms with Crippen molar-refractivity contribution in [2.45, 2.75) is 52.1 Å². The highest BCUT2D eigenvalue weighted by Gasteiger charge is 2.23. The Morgan fingerprint density at radius 1 is 1.16 bits per heavy atom. The number of thioether (sulfide) groups is 1. The van der Waals surface area contributed by atoms with Crippen molar-refractivity contribution in [2.75, 3.05) is 11.5 Å². The van der Waals surface area contributed by atoms with Crippen LogP contribution in [0.15, 0.2) is 30.3 Å². The van der Waals surface area contributed by atoms with Crippen LogP contribution in [0.1, 0.15) is 51.6 Å². The van der Waals surface area contributed by atoms with Gasteiger partial charge in [0, 0.05) is 12.1 Å². The van der Waals surface area contributed by atoms with Crippen LogP contribution in [0, 0.1) is 5.41 Å². The molecule has 106 valence electrons. The molecule has 1 aliphatic heterocycles. The molecule has 1 saturated heterocycles. The zero-order valence-corrected chi connectivity index (χ0v) is 13.3. The second-order valence-electron chi connectivity index (χ2n) is 6.78. The molecule has 0 bridgehead atoms. The van der Waals surface area contributed by atoms with Crippen molar-refractivity contribution >= 4 is 11.8 Å². The third kappa shape index (κ3) is 5.19. The number of nitrogens with one attached hydrogen (secondary N) is 1. The summed E-state index contributed by atoms with van der Waals surface area (Å²) < 4.78 is 0. The molecule has 1 atom stereocenters. The van der Waals surface area contributed by atoms with Crippen molar-refractivity contribution < 1.29 is 0 Å². The van der Waals surface area contributed by atoms with Crippen LogP contribution >= 0.6 is 11.8 Å². The summed E-state index contributed by atoms with van der Waals surface area (Å²) in [5, 5.41) is 3.92. The second kappa shape index (κ2) is 6.81. The van der Waals surface area contributed by atoms with E-state index in [4.69, 9.17) is 0 Å². The first-order chi connectivity index (χ1) is 9.04. The van der Waals surface area contributed by atoms with Gasteiger partial charge in [-0.05, 0) is 41.7 Å². The molecule has 1 aliphatic rings. The zero-order valence-electron chi connectivity index (χ0n) is 12.5. The Hall–Kier alpha value is -0.470. The maximum Gasteiger partial charge on any atom is 0.0327 e. The number of hydrogen-bond acceptors (Lipinski definition) is 2. The Morgan fingerprint density at radius 3 is 2.37 bits per heavy atom. The quantitative estimate of drug-likeness (QED) is 0.860. The van der Waals surface area contributed by atoms with Crippen molar-refractivity contribution in [3.05, 3.63) is 35.9 Å². The molecule has 2 heteroatoms. The van der Waals surface area contributed by atoms with E-state index in [0.29, 0.717) is 17.5 Å². The maximum absolute atomic E-state index is 3.92. The van der Waals surface area contributed by atoms with E-state index in [2.05, 4.69) is 68.2 Å². The molecule has 0 aromatic heterocycles. The van der Waals surface area contributed by atoms with E-state index >= 15 is 0 Å². The normalized spacial score (nSPS) is 19.3. The number of benzene rings is 1. The van der Waals surface area contributed by atoms with E-state index in [9.17, 15) is 0 Å². The molecule has 1 fully saturated rings. The van der Waals surface area contributed by atoms with Gasteiger partial charge in [-0.3, -0.25) is 0 Å². The zero-order chi connectivity index (χ0) is 13.7. The molecule has 2 rings (SSSR count). The molecule has 1 aromatic carbocycles. The summed E-state index contributed by atoms with van der Waals surface area (Å²) in [6.07, 6.45) is 3.83. The molecule has 19 heavy (non-hydrogen) atoms. The summed E-state index contributed by atoms with van der Waals surface area (Å²) >= 11 is 2.09. The first-order valence-corrected chi connectivity index (χ1v) is 8.59. The molecule has 0 aliphatic carbocycles. The van der Waals surface area contributed by atoms with E-state index in [-0.39, 0.29) is 0 Å². The van der Waals surface area contributed by atoms with Gasteiger partial charge in [0.2, 0.25) is 0 Å².